The molecular weight excluding hydrogens is 386 g/mol. The van der Waals surface area contributed by atoms with E-state index in [4.69, 9.17) is 4.74 Å². The number of benzene rings is 2. The van der Waals surface area contributed by atoms with Crippen LogP contribution >= 0.6 is 11.3 Å². The molecule has 27 heavy (non-hydrogen) atoms. The Morgan fingerprint density at radius 3 is 2.59 bits per heavy atom. The second-order valence-corrected chi connectivity index (χ2v) is 8.75. The monoisotopic (exact) mass is 405 g/mol. The zero-order valence-corrected chi connectivity index (χ0v) is 16.5. The number of carbonyl (C=O) groups excluding carboxylic acids is 1. The number of anilines is 2. The summed E-state index contributed by atoms with van der Waals surface area (Å²) in [7, 11) is -1.76. The normalized spacial score (nSPS) is 11.3. The highest BCUT2D eigenvalue weighted by Crippen LogP contribution is 2.29. The molecule has 0 bridgehead atoms. The molecule has 0 aliphatic carbocycles. The Kier molecular flexibility index (Phi) is 5.62. The molecule has 0 unspecified atom stereocenters. The highest BCUT2D eigenvalue weighted by Gasteiger charge is 2.10. The first-order valence-corrected chi connectivity index (χ1v) is 10.8. The van der Waals surface area contributed by atoms with Crippen molar-refractivity contribution < 1.29 is 17.9 Å². The average Bonchev–Trinajstić information content (AvgIpc) is 3.00. The van der Waals surface area contributed by atoms with Gasteiger partial charge in [-0.25, -0.2) is 13.4 Å². The van der Waals surface area contributed by atoms with Crippen LogP contribution in [0.1, 0.15) is 12.0 Å². The zero-order chi connectivity index (χ0) is 19.4. The smallest absolute Gasteiger partial charge is 0.231 e. The highest BCUT2D eigenvalue weighted by molar-refractivity contribution is 7.92. The van der Waals surface area contributed by atoms with Gasteiger partial charge >= 0.3 is 0 Å². The van der Waals surface area contributed by atoms with E-state index >= 15 is 0 Å². The van der Waals surface area contributed by atoms with Crippen molar-refractivity contribution in [3.05, 3.63) is 48.0 Å². The number of hydrogen-bond donors (Lipinski definition) is 2. The van der Waals surface area contributed by atoms with E-state index in [9.17, 15) is 13.2 Å². The van der Waals surface area contributed by atoms with Gasteiger partial charge in [0, 0.05) is 12.1 Å². The minimum absolute atomic E-state index is 0.0934. The van der Waals surface area contributed by atoms with Gasteiger partial charge in [0.2, 0.25) is 15.9 Å². The molecule has 7 nitrogen and oxygen atoms in total. The second kappa shape index (κ2) is 7.93. The van der Waals surface area contributed by atoms with E-state index in [-0.39, 0.29) is 5.91 Å². The number of thiazole rings is 1. The van der Waals surface area contributed by atoms with Crippen molar-refractivity contribution in [3.63, 3.8) is 0 Å². The van der Waals surface area contributed by atoms with Crippen molar-refractivity contribution in [1.82, 2.24) is 4.98 Å². The summed E-state index contributed by atoms with van der Waals surface area (Å²) in [6.45, 7) is 0. The van der Waals surface area contributed by atoms with Gasteiger partial charge in [-0.3, -0.25) is 9.52 Å². The molecule has 9 heteroatoms. The summed E-state index contributed by atoms with van der Waals surface area (Å²) in [4.78, 5) is 16.4. The van der Waals surface area contributed by atoms with Gasteiger partial charge in [-0.1, -0.05) is 23.5 Å². The molecule has 0 radical (unpaired) electrons. The third kappa shape index (κ3) is 5.41. The van der Waals surface area contributed by atoms with Gasteiger partial charge in [0.15, 0.2) is 5.13 Å². The number of nitrogens with zero attached hydrogens (tertiary/aromatic N) is 1. The quantitative estimate of drug-likeness (QED) is 0.629. The number of hydrogen-bond acceptors (Lipinski definition) is 6. The van der Waals surface area contributed by atoms with Crippen molar-refractivity contribution in [2.75, 3.05) is 23.4 Å². The van der Waals surface area contributed by atoms with E-state index in [2.05, 4.69) is 15.0 Å². The molecule has 2 aromatic carbocycles. The number of aryl methyl sites for hydroxylation is 1. The number of fused-ring (bicyclic) bond motifs is 1. The van der Waals surface area contributed by atoms with Crippen LogP contribution in [-0.4, -0.2) is 32.7 Å². The fourth-order valence-corrected chi connectivity index (χ4v) is 4.22. The fourth-order valence-electron chi connectivity index (χ4n) is 2.48. The Balaban J connectivity index is 1.62. The molecule has 0 atom stereocenters. The Morgan fingerprint density at radius 2 is 1.93 bits per heavy atom. The van der Waals surface area contributed by atoms with E-state index in [0.717, 1.165) is 22.3 Å². The number of rotatable bonds is 7. The Labute approximate surface area is 161 Å². The summed E-state index contributed by atoms with van der Waals surface area (Å²) in [5.41, 5.74) is 2.37. The van der Waals surface area contributed by atoms with Crippen LogP contribution < -0.4 is 14.8 Å². The third-order valence-corrected chi connectivity index (χ3v) is 5.37. The predicted octanol–water partition coefficient (Wildman–Crippen LogP) is 3.25. The lowest BCUT2D eigenvalue weighted by Gasteiger charge is -2.06. The fraction of sp³-hybridized carbons (Fsp3) is 0.222. The number of sulfonamides is 1. The number of carbonyl (C=O) groups is 1. The molecule has 1 aromatic heterocycles. The number of nitrogens with one attached hydrogen (secondary N) is 2. The van der Waals surface area contributed by atoms with Crippen LogP contribution in [0.5, 0.6) is 5.75 Å². The minimum Gasteiger partial charge on any atom is -0.497 e. The SMILES string of the molecule is COc1ccc(CCC(=O)Nc2ccc3nc(NS(C)(=O)=O)sc3c2)cc1. The lowest BCUT2D eigenvalue weighted by molar-refractivity contribution is -0.116. The summed E-state index contributed by atoms with van der Waals surface area (Å²) < 4.78 is 30.9. The standard InChI is InChI=1S/C18H19N3O4S2/c1-25-14-7-3-12(4-8-14)5-10-17(22)19-13-6-9-15-16(11-13)26-18(20-15)21-27(2,23)24/h3-4,6-9,11H,5,10H2,1-2H3,(H,19,22)(H,20,21). The molecule has 1 amide bonds. The molecule has 0 aliphatic rings. The maximum atomic E-state index is 12.2. The number of amides is 1. The first-order chi connectivity index (χ1) is 12.8. The van der Waals surface area contributed by atoms with Gasteiger partial charge in [0.05, 0.1) is 23.6 Å². The van der Waals surface area contributed by atoms with Gasteiger partial charge in [-0.15, -0.1) is 0 Å². The zero-order valence-electron chi connectivity index (χ0n) is 14.9. The molecular formula is C18H19N3O4S2. The second-order valence-electron chi connectivity index (χ2n) is 5.97. The molecule has 3 aromatic rings. The molecule has 2 N–H and O–H groups in total. The summed E-state index contributed by atoms with van der Waals surface area (Å²) in [6, 6.07) is 12.9. The van der Waals surface area contributed by atoms with Gasteiger partial charge in [0.1, 0.15) is 5.75 Å². The molecule has 0 saturated carbocycles. The van der Waals surface area contributed by atoms with Crippen LogP contribution in [0.15, 0.2) is 42.5 Å². The molecule has 0 fully saturated rings. The predicted molar refractivity (Wildman–Crippen MR) is 108 cm³/mol. The van der Waals surface area contributed by atoms with Crippen molar-refractivity contribution in [2.24, 2.45) is 0 Å². The summed E-state index contributed by atoms with van der Waals surface area (Å²) >= 11 is 1.21. The van der Waals surface area contributed by atoms with E-state index < -0.39 is 10.0 Å². The topological polar surface area (TPSA) is 97.4 Å². The van der Waals surface area contributed by atoms with E-state index in [1.807, 2.05) is 24.3 Å². The first kappa shape index (κ1) is 19.1. The highest BCUT2D eigenvalue weighted by atomic mass is 32.2. The maximum Gasteiger partial charge on any atom is 0.231 e. The molecule has 0 spiro atoms. The molecule has 0 aliphatic heterocycles. The Morgan fingerprint density at radius 1 is 1.19 bits per heavy atom. The first-order valence-electron chi connectivity index (χ1n) is 8.13. The largest absolute Gasteiger partial charge is 0.497 e. The van der Waals surface area contributed by atoms with Crippen LogP contribution in [0.2, 0.25) is 0 Å². The van der Waals surface area contributed by atoms with Crippen molar-refractivity contribution in [1.29, 1.82) is 0 Å². The van der Waals surface area contributed by atoms with Crippen LogP contribution in [0, 0.1) is 0 Å². The Bertz CT molecular complexity index is 1060. The van der Waals surface area contributed by atoms with Crippen molar-refractivity contribution >= 4 is 48.3 Å². The maximum absolute atomic E-state index is 12.2. The lowest BCUT2D eigenvalue weighted by Crippen LogP contribution is -2.12. The van der Waals surface area contributed by atoms with E-state index in [0.29, 0.717) is 29.2 Å². The summed E-state index contributed by atoms with van der Waals surface area (Å²) in [6.07, 6.45) is 2.06. The van der Waals surface area contributed by atoms with E-state index in [1.165, 1.54) is 11.3 Å². The molecule has 142 valence electrons. The van der Waals surface area contributed by atoms with Crippen molar-refractivity contribution in [2.45, 2.75) is 12.8 Å². The van der Waals surface area contributed by atoms with Gasteiger partial charge < -0.3 is 10.1 Å². The molecule has 3 rings (SSSR count). The number of aromatic nitrogens is 1. The molecule has 0 saturated heterocycles. The van der Waals surface area contributed by atoms with Crippen LogP contribution in [0.25, 0.3) is 10.2 Å². The Hall–Kier alpha value is -2.65. The van der Waals surface area contributed by atoms with Gasteiger partial charge in [-0.2, -0.15) is 0 Å². The van der Waals surface area contributed by atoms with Crippen LogP contribution in [-0.2, 0) is 21.2 Å². The summed E-state index contributed by atoms with van der Waals surface area (Å²) in [5.74, 6) is 0.690. The average molecular weight is 406 g/mol. The number of methoxy groups -OCH3 is 1. The van der Waals surface area contributed by atoms with E-state index in [1.54, 1.807) is 25.3 Å². The molecule has 1 heterocycles. The summed E-state index contributed by atoms with van der Waals surface area (Å²) in [5, 5.41) is 3.16. The minimum atomic E-state index is -3.37. The van der Waals surface area contributed by atoms with Crippen molar-refractivity contribution in [3.8, 4) is 5.75 Å². The van der Waals surface area contributed by atoms with Crippen LogP contribution in [0.3, 0.4) is 0 Å². The third-order valence-electron chi connectivity index (χ3n) is 3.74. The van der Waals surface area contributed by atoms with Gasteiger partial charge in [-0.05, 0) is 42.3 Å². The van der Waals surface area contributed by atoms with Crippen LogP contribution in [0.4, 0.5) is 10.8 Å². The lowest BCUT2D eigenvalue weighted by atomic mass is 10.1. The van der Waals surface area contributed by atoms with Gasteiger partial charge in [0.25, 0.3) is 0 Å². The number of ether oxygens (including phenoxy) is 1.